The number of nitrogen functional groups attached to an aromatic ring is 1. The summed E-state index contributed by atoms with van der Waals surface area (Å²) in [4.78, 5) is 23.4. The number of unbranched alkanes of at least 4 members (excludes halogenated alkanes) is 15. The van der Waals surface area contributed by atoms with E-state index in [1.165, 1.54) is 94.4 Å². The molecular weight excluding hydrogens is 541 g/mol. The second kappa shape index (κ2) is 17.9. The van der Waals surface area contributed by atoms with Crippen LogP contribution in [0.3, 0.4) is 0 Å². The van der Waals surface area contributed by atoms with Crippen molar-refractivity contribution in [3.05, 3.63) is 12.4 Å². The standard InChI is InChI=1S/C31H48FN5O5/c1-3-5-6-7-8-9-10-11-12-13-14-15-16-17-18-19-20-40-30(39)41-22-31(4-2)24(38)21-25(42-31)37-23-34-26-27(33)35-29(32)36-28(26)37/h2,23-25,38H,3,5-22H2,1H3,(H2,33,35,36)/t24-,25+,31+/m0/s1. The highest BCUT2D eigenvalue weighted by molar-refractivity contribution is 5.81. The number of ether oxygens (including phenoxy) is 3. The van der Waals surface area contributed by atoms with Gasteiger partial charge in [-0.25, -0.2) is 9.78 Å². The highest BCUT2D eigenvalue weighted by Crippen LogP contribution is 2.38. The van der Waals surface area contributed by atoms with E-state index in [0.29, 0.717) is 0 Å². The third kappa shape index (κ3) is 10.1. The molecule has 10 nitrogen and oxygen atoms in total. The van der Waals surface area contributed by atoms with Crippen molar-refractivity contribution in [3.8, 4) is 12.3 Å². The lowest BCUT2D eigenvalue weighted by Crippen LogP contribution is -2.43. The highest BCUT2D eigenvalue weighted by atomic mass is 19.1. The number of aliphatic hydroxyl groups is 1. The number of terminal acetylenes is 1. The Hall–Kier alpha value is -2.97. The number of anilines is 1. The molecule has 42 heavy (non-hydrogen) atoms. The Morgan fingerprint density at radius 3 is 2.19 bits per heavy atom. The van der Waals surface area contributed by atoms with Crippen LogP contribution in [0, 0.1) is 18.4 Å². The SMILES string of the molecule is C#C[C@]1(COC(=O)OCCCCCCCCCCCCCCCCCC)O[C@@H](n2cnc3c(N)nc(F)nc32)C[C@@H]1O. The molecule has 1 aliphatic rings. The summed E-state index contributed by atoms with van der Waals surface area (Å²) in [5.41, 5.74) is 4.41. The van der Waals surface area contributed by atoms with Gasteiger partial charge < -0.3 is 25.1 Å². The number of carbonyl (C=O) groups is 1. The van der Waals surface area contributed by atoms with Crippen LogP contribution in [0.5, 0.6) is 0 Å². The number of hydrogen-bond acceptors (Lipinski definition) is 9. The van der Waals surface area contributed by atoms with Crippen molar-refractivity contribution in [2.45, 2.75) is 134 Å². The fraction of sp³-hybridized carbons (Fsp3) is 0.742. The third-order valence-electron chi connectivity index (χ3n) is 7.91. The Morgan fingerprint density at radius 1 is 1.05 bits per heavy atom. The third-order valence-corrected chi connectivity index (χ3v) is 7.91. The van der Waals surface area contributed by atoms with Crippen molar-refractivity contribution >= 4 is 23.1 Å². The van der Waals surface area contributed by atoms with Gasteiger partial charge in [-0.1, -0.05) is 109 Å². The van der Waals surface area contributed by atoms with Crippen LogP contribution in [-0.2, 0) is 14.2 Å². The van der Waals surface area contributed by atoms with Crippen molar-refractivity contribution in [2.75, 3.05) is 18.9 Å². The highest BCUT2D eigenvalue weighted by Gasteiger charge is 2.49. The largest absolute Gasteiger partial charge is 0.508 e. The van der Waals surface area contributed by atoms with Gasteiger partial charge in [0.1, 0.15) is 18.9 Å². The predicted molar refractivity (Wildman–Crippen MR) is 159 cm³/mol. The first-order chi connectivity index (χ1) is 20.4. The zero-order valence-electron chi connectivity index (χ0n) is 25.1. The van der Waals surface area contributed by atoms with Crippen molar-refractivity contribution in [1.82, 2.24) is 19.5 Å². The monoisotopic (exact) mass is 589 g/mol. The van der Waals surface area contributed by atoms with E-state index >= 15 is 0 Å². The van der Waals surface area contributed by atoms with Gasteiger partial charge in [-0.3, -0.25) is 4.57 Å². The second-order valence-corrected chi connectivity index (χ2v) is 11.3. The lowest BCUT2D eigenvalue weighted by atomic mass is 9.99. The van der Waals surface area contributed by atoms with E-state index < -0.39 is 36.8 Å². The predicted octanol–water partition coefficient (Wildman–Crippen LogP) is 6.61. The van der Waals surface area contributed by atoms with Crippen molar-refractivity contribution in [3.63, 3.8) is 0 Å². The van der Waals surface area contributed by atoms with E-state index in [0.717, 1.165) is 19.3 Å². The van der Waals surface area contributed by atoms with Gasteiger partial charge in [0, 0.05) is 6.42 Å². The number of halogens is 1. The van der Waals surface area contributed by atoms with Crippen molar-refractivity contribution in [2.24, 2.45) is 0 Å². The molecular formula is C31H48FN5O5. The van der Waals surface area contributed by atoms with E-state index in [-0.39, 0.29) is 30.0 Å². The zero-order chi connectivity index (χ0) is 30.2. The van der Waals surface area contributed by atoms with Gasteiger partial charge in [-0.15, -0.1) is 6.42 Å². The maximum absolute atomic E-state index is 13.7. The molecule has 0 unspecified atom stereocenters. The molecule has 0 amide bonds. The summed E-state index contributed by atoms with van der Waals surface area (Å²) in [6.07, 6.45) is 23.4. The Kier molecular flexibility index (Phi) is 14.3. The molecule has 0 spiro atoms. The fourth-order valence-electron chi connectivity index (χ4n) is 5.36. The topological polar surface area (TPSA) is 135 Å². The summed E-state index contributed by atoms with van der Waals surface area (Å²) in [5.74, 6) is 2.28. The Bertz CT molecular complexity index is 1140. The molecule has 1 saturated heterocycles. The van der Waals surface area contributed by atoms with E-state index in [1.807, 2.05) is 0 Å². The number of nitrogens with two attached hydrogens (primary N) is 1. The maximum atomic E-state index is 13.7. The average molecular weight is 590 g/mol. The van der Waals surface area contributed by atoms with Crippen LogP contribution in [-0.4, -0.2) is 55.7 Å². The maximum Gasteiger partial charge on any atom is 0.508 e. The first-order valence-corrected chi connectivity index (χ1v) is 15.7. The number of aromatic nitrogens is 4. The first kappa shape index (κ1) is 33.5. The van der Waals surface area contributed by atoms with E-state index in [4.69, 9.17) is 26.4 Å². The molecule has 0 aromatic carbocycles. The minimum Gasteiger partial charge on any atom is -0.434 e. The molecule has 0 bridgehead atoms. The summed E-state index contributed by atoms with van der Waals surface area (Å²) in [7, 11) is 0. The van der Waals surface area contributed by atoms with E-state index in [2.05, 4.69) is 27.8 Å². The molecule has 2 aromatic heterocycles. The Labute approximate surface area is 248 Å². The number of rotatable bonds is 20. The lowest BCUT2D eigenvalue weighted by Gasteiger charge is -2.25. The van der Waals surface area contributed by atoms with Gasteiger partial charge in [0.2, 0.25) is 0 Å². The average Bonchev–Trinajstić information content (AvgIpc) is 3.54. The summed E-state index contributed by atoms with van der Waals surface area (Å²) in [6.45, 7) is 2.10. The van der Waals surface area contributed by atoms with Gasteiger partial charge in [-0.05, 0) is 6.42 Å². The minimum absolute atomic E-state index is 0.0405. The Morgan fingerprint density at radius 2 is 1.62 bits per heavy atom. The van der Waals surface area contributed by atoms with E-state index in [1.54, 1.807) is 0 Å². The van der Waals surface area contributed by atoms with Gasteiger partial charge in [-0.2, -0.15) is 14.4 Å². The second-order valence-electron chi connectivity index (χ2n) is 11.3. The van der Waals surface area contributed by atoms with Gasteiger partial charge in [0.05, 0.1) is 12.9 Å². The summed E-state index contributed by atoms with van der Waals surface area (Å²) >= 11 is 0. The molecule has 3 N–H and O–H groups in total. The van der Waals surface area contributed by atoms with Crippen molar-refractivity contribution in [1.29, 1.82) is 0 Å². The zero-order valence-corrected chi connectivity index (χ0v) is 25.1. The molecule has 0 radical (unpaired) electrons. The normalized spacial score (nSPS) is 20.1. The summed E-state index contributed by atoms with van der Waals surface area (Å²) < 4.78 is 31.4. The molecule has 234 valence electrons. The first-order valence-electron chi connectivity index (χ1n) is 15.7. The summed E-state index contributed by atoms with van der Waals surface area (Å²) in [6, 6.07) is 0. The number of hydrogen-bond donors (Lipinski definition) is 2. The minimum atomic E-state index is -1.61. The van der Waals surface area contributed by atoms with Crippen LogP contribution in [0.4, 0.5) is 15.0 Å². The molecule has 0 saturated carbocycles. The Balaban J connectivity index is 1.23. The van der Waals surface area contributed by atoms with Gasteiger partial charge in [0.25, 0.3) is 0 Å². The molecule has 0 aliphatic carbocycles. The number of imidazole rings is 1. The molecule has 3 atom stereocenters. The lowest BCUT2D eigenvalue weighted by molar-refractivity contribution is -0.0980. The van der Waals surface area contributed by atoms with Crippen LogP contribution in [0.15, 0.2) is 6.33 Å². The van der Waals surface area contributed by atoms with Crippen LogP contribution in [0.2, 0.25) is 0 Å². The summed E-state index contributed by atoms with van der Waals surface area (Å²) in [5, 5.41) is 10.7. The number of aliphatic hydroxyl groups excluding tert-OH is 1. The number of fused-ring (bicyclic) bond motifs is 1. The molecule has 1 aliphatic heterocycles. The smallest absolute Gasteiger partial charge is 0.434 e. The van der Waals surface area contributed by atoms with Crippen LogP contribution in [0.1, 0.15) is 122 Å². The van der Waals surface area contributed by atoms with Gasteiger partial charge in [0.15, 0.2) is 22.6 Å². The number of carbonyl (C=O) groups excluding carboxylic acids is 1. The van der Waals surface area contributed by atoms with Crippen molar-refractivity contribution < 1.29 is 28.5 Å². The fourth-order valence-corrected chi connectivity index (χ4v) is 5.36. The van der Waals surface area contributed by atoms with Crippen LogP contribution in [0.25, 0.3) is 11.2 Å². The van der Waals surface area contributed by atoms with Crippen LogP contribution < -0.4 is 5.73 Å². The molecule has 1 fully saturated rings. The van der Waals surface area contributed by atoms with E-state index in [9.17, 15) is 14.3 Å². The molecule has 2 aromatic rings. The molecule has 11 heteroatoms. The quantitative estimate of drug-likeness (QED) is 0.0756. The number of nitrogens with zero attached hydrogens (tertiary/aromatic N) is 4. The van der Waals surface area contributed by atoms with Gasteiger partial charge >= 0.3 is 12.2 Å². The molecule has 3 rings (SSSR count). The van der Waals surface area contributed by atoms with Crippen LogP contribution >= 0.6 is 0 Å². The molecule has 3 heterocycles.